The molecule has 0 aliphatic rings. The summed E-state index contributed by atoms with van der Waals surface area (Å²) in [7, 11) is -1.65. The van der Waals surface area contributed by atoms with Gasteiger partial charge >= 0.3 is 0 Å². The molecule has 0 aliphatic carbocycles. The van der Waals surface area contributed by atoms with Crippen molar-refractivity contribution >= 4 is 16.6 Å². The van der Waals surface area contributed by atoms with E-state index in [1.165, 1.54) is 0 Å². The highest BCUT2D eigenvalue weighted by Gasteiger charge is 2.20. The summed E-state index contributed by atoms with van der Waals surface area (Å²) in [5.74, 6) is 1.43. The van der Waals surface area contributed by atoms with Gasteiger partial charge in [-0.25, -0.2) is 0 Å². The van der Waals surface area contributed by atoms with Crippen molar-refractivity contribution in [3.63, 3.8) is 0 Å². The largest absolute Gasteiger partial charge is 0.544 e. The second kappa shape index (κ2) is 7.79. The molecule has 0 fully saturated rings. The minimum atomic E-state index is -1.66. The van der Waals surface area contributed by atoms with Gasteiger partial charge in [0.1, 0.15) is 5.76 Å². The van der Waals surface area contributed by atoms with Crippen molar-refractivity contribution in [3.05, 3.63) is 23.9 Å². The average Bonchev–Trinajstić information content (AvgIpc) is 2.20. The molecule has 0 N–H and O–H groups in total. The van der Waals surface area contributed by atoms with Crippen molar-refractivity contribution in [1.82, 2.24) is 0 Å². The molecule has 19 heavy (non-hydrogen) atoms. The fraction of sp³-hybridized carbons (Fsp3) is 0.714. The van der Waals surface area contributed by atoms with Crippen LogP contribution in [0.1, 0.15) is 19.8 Å². The van der Waals surface area contributed by atoms with Gasteiger partial charge in [0.2, 0.25) is 16.6 Å². The Hall–Kier alpha value is -0.686. The van der Waals surface area contributed by atoms with Crippen molar-refractivity contribution in [1.29, 1.82) is 0 Å². The van der Waals surface area contributed by atoms with E-state index in [1.54, 1.807) is 7.11 Å². The predicted octanol–water partition coefficient (Wildman–Crippen LogP) is 4.86. The number of rotatable bonds is 8. The lowest BCUT2D eigenvalue weighted by atomic mass is 10.3. The Bertz CT molecular complexity index is 323. The Morgan fingerprint density at radius 2 is 1.47 bits per heavy atom. The van der Waals surface area contributed by atoms with E-state index in [9.17, 15) is 0 Å². The van der Waals surface area contributed by atoms with Crippen LogP contribution in [0.2, 0.25) is 39.3 Å². The van der Waals surface area contributed by atoms with E-state index in [4.69, 9.17) is 13.6 Å². The summed E-state index contributed by atoms with van der Waals surface area (Å²) in [5.41, 5.74) is 0. The number of ether oxygens (including phenoxy) is 1. The van der Waals surface area contributed by atoms with Gasteiger partial charge in [-0.15, -0.1) is 0 Å². The second-order valence-corrected chi connectivity index (χ2v) is 15.3. The molecular weight excluding hydrogens is 272 g/mol. The fourth-order valence-electron chi connectivity index (χ4n) is 1.32. The predicted molar refractivity (Wildman–Crippen MR) is 86.9 cm³/mol. The topological polar surface area (TPSA) is 27.7 Å². The van der Waals surface area contributed by atoms with Gasteiger partial charge in [-0.2, -0.15) is 0 Å². The summed E-state index contributed by atoms with van der Waals surface area (Å²) >= 11 is 0. The Labute approximate surface area is 120 Å². The first-order valence-corrected chi connectivity index (χ1v) is 13.7. The maximum atomic E-state index is 6.07. The van der Waals surface area contributed by atoms with Gasteiger partial charge in [0.05, 0.1) is 13.2 Å². The standard InChI is InChI=1S/C14H30O3Si2/c1-9-10-11-13(16-18(3,4)5)12-14(15-2)17-19(6,7)8/h11-12H,9-10H2,1-8H3/b13-11-,14-12-. The maximum Gasteiger partial charge on any atom is 0.268 e. The molecule has 112 valence electrons. The van der Waals surface area contributed by atoms with E-state index in [2.05, 4.69) is 52.3 Å². The summed E-state index contributed by atoms with van der Waals surface area (Å²) in [5, 5.41) is 0. The summed E-state index contributed by atoms with van der Waals surface area (Å²) in [6.07, 6.45) is 6.10. The minimum Gasteiger partial charge on any atom is -0.544 e. The number of methoxy groups -OCH3 is 1. The molecule has 0 aromatic rings. The van der Waals surface area contributed by atoms with Crippen molar-refractivity contribution in [3.8, 4) is 0 Å². The van der Waals surface area contributed by atoms with Crippen LogP contribution in [0.3, 0.4) is 0 Å². The van der Waals surface area contributed by atoms with E-state index < -0.39 is 16.6 Å². The van der Waals surface area contributed by atoms with Crippen LogP contribution in [0.25, 0.3) is 0 Å². The lowest BCUT2D eigenvalue weighted by Crippen LogP contribution is -2.26. The highest BCUT2D eigenvalue weighted by Crippen LogP contribution is 2.18. The number of hydrogen-bond donors (Lipinski definition) is 0. The number of unbranched alkanes of at least 4 members (excludes halogenated alkanes) is 1. The van der Waals surface area contributed by atoms with Crippen LogP contribution in [0.4, 0.5) is 0 Å². The van der Waals surface area contributed by atoms with Crippen molar-refractivity contribution in [2.45, 2.75) is 59.0 Å². The molecule has 0 unspecified atom stereocenters. The highest BCUT2D eigenvalue weighted by atomic mass is 28.4. The Morgan fingerprint density at radius 3 is 1.84 bits per heavy atom. The molecule has 0 radical (unpaired) electrons. The first-order chi connectivity index (χ1) is 8.57. The highest BCUT2D eigenvalue weighted by molar-refractivity contribution is 6.70. The van der Waals surface area contributed by atoms with Crippen LogP contribution >= 0.6 is 0 Å². The molecule has 5 heteroatoms. The summed E-state index contributed by atoms with van der Waals surface area (Å²) < 4.78 is 17.3. The molecule has 0 saturated carbocycles. The van der Waals surface area contributed by atoms with E-state index >= 15 is 0 Å². The van der Waals surface area contributed by atoms with E-state index in [0.29, 0.717) is 5.95 Å². The van der Waals surface area contributed by atoms with Gasteiger partial charge in [0.15, 0.2) is 0 Å². The summed E-state index contributed by atoms with van der Waals surface area (Å²) in [4.78, 5) is 0. The van der Waals surface area contributed by atoms with Crippen molar-refractivity contribution < 1.29 is 13.6 Å². The zero-order valence-corrected chi connectivity index (χ0v) is 15.8. The molecule has 0 saturated heterocycles. The molecule has 0 rings (SSSR count). The Balaban J connectivity index is 5.03. The molecule has 0 aromatic carbocycles. The van der Waals surface area contributed by atoms with Crippen molar-refractivity contribution in [2.75, 3.05) is 7.11 Å². The minimum absolute atomic E-state index is 0.555. The molecule has 0 amide bonds. The summed E-state index contributed by atoms with van der Waals surface area (Å²) in [6, 6.07) is 0. The smallest absolute Gasteiger partial charge is 0.268 e. The number of hydrogen-bond acceptors (Lipinski definition) is 3. The Kier molecular flexibility index (Phi) is 7.51. The zero-order valence-electron chi connectivity index (χ0n) is 13.8. The number of allylic oxidation sites excluding steroid dienone is 2. The van der Waals surface area contributed by atoms with E-state index in [0.717, 1.165) is 18.6 Å². The fourth-order valence-corrected chi connectivity index (χ4v) is 2.91. The van der Waals surface area contributed by atoms with Crippen LogP contribution in [-0.4, -0.2) is 23.7 Å². The van der Waals surface area contributed by atoms with Crippen LogP contribution in [0.5, 0.6) is 0 Å². The SMILES string of the molecule is CCC/C=C(/C=C(/OC)O[Si](C)(C)C)O[Si](C)(C)C. The molecule has 0 atom stereocenters. The monoisotopic (exact) mass is 302 g/mol. The van der Waals surface area contributed by atoms with Gasteiger partial charge in [-0.05, 0) is 51.8 Å². The zero-order chi connectivity index (χ0) is 15.1. The quantitative estimate of drug-likeness (QED) is 0.364. The van der Waals surface area contributed by atoms with Crippen LogP contribution in [-0.2, 0) is 13.6 Å². The molecule has 0 spiro atoms. The molecule has 0 bridgehead atoms. The molecular formula is C14H30O3Si2. The van der Waals surface area contributed by atoms with Crippen LogP contribution < -0.4 is 0 Å². The van der Waals surface area contributed by atoms with Gasteiger partial charge in [0.25, 0.3) is 5.95 Å². The lowest BCUT2D eigenvalue weighted by molar-refractivity contribution is 0.145. The van der Waals surface area contributed by atoms with Crippen LogP contribution in [0.15, 0.2) is 23.9 Å². The third-order valence-electron chi connectivity index (χ3n) is 1.93. The lowest BCUT2D eigenvalue weighted by Gasteiger charge is -2.23. The average molecular weight is 303 g/mol. The second-order valence-electron chi connectivity index (χ2n) is 6.49. The summed E-state index contributed by atoms with van der Waals surface area (Å²) in [6.45, 7) is 15.1. The van der Waals surface area contributed by atoms with Gasteiger partial charge < -0.3 is 13.6 Å². The van der Waals surface area contributed by atoms with Gasteiger partial charge in [-0.1, -0.05) is 13.3 Å². The van der Waals surface area contributed by atoms with Crippen LogP contribution in [0, 0.1) is 0 Å². The first-order valence-electron chi connectivity index (χ1n) is 6.91. The first kappa shape index (κ1) is 18.3. The third-order valence-corrected chi connectivity index (χ3v) is 3.59. The van der Waals surface area contributed by atoms with E-state index in [-0.39, 0.29) is 0 Å². The molecule has 3 nitrogen and oxygen atoms in total. The molecule has 0 aromatic heterocycles. The van der Waals surface area contributed by atoms with Gasteiger partial charge in [-0.3, -0.25) is 0 Å². The maximum absolute atomic E-state index is 6.07. The molecule has 0 heterocycles. The van der Waals surface area contributed by atoms with Gasteiger partial charge in [0, 0.05) is 0 Å². The van der Waals surface area contributed by atoms with Crippen molar-refractivity contribution in [2.24, 2.45) is 0 Å². The van der Waals surface area contributed by atoms with E-state index in [1.807, 2.05) is 6.08 Å². The Morgan fingerprint density at radius 1 is 0.947 bits per heavy atom. The third kappa shape index (κ3) is 10.9. The molecule has 0 aliphatic heterocycles. The normalized spacial score (nSPS) is 14.3.